The molecule has 0 aliphatic heterocycles. The number of hydrogen-bond acceptors (Lipinski definition) is 3. The smallest absolute Gasteiger partial charge is 0.0991 e. The predicted molar refractivity (Wildman–Crippen MR) is 50.0 cm³/mol. The molecule has 1 aromatic carbocycles. The van der Waals surface area contributed by atoms with E-state index in [2.05, 4.69) is 0 Å². The van der Waals surface area contributed by atoms with Crippen LogP contribution in [0.5, 0.6) is 0 Å². The van der Waals surface area contributed by atoms with Crippen molar-refractivity contribution in [3.8, 4) is 6.07 Å². The molecule has 0 radical (unpaired) electrons. The Kier molecular flexibility index (Phi) is 3.44. The summed E-state index contributed by atoms with van der Waals surface area (Å²) in [5, 5.41) is 17.5. The summed E-state index contributed by atoms with van der Waals surface area (Å²) in [6.07, 6.45) is 0. The maximum Gasteiger partial charge on any atom is 0.0991 e. The molecule has 0 aliphatic rings. The molecule has 1 atom stereocenters. The topological polar surface area (TPSA) is 70.0 Å². The summed E-state index contributed by atoms with van der Waals surface area (Å²) in [5.74, 6) is -0.0206. The highest BCUT2D eigenvalue weighted by Gasteiger charge is 2.07. The molecule has 0 heterocycles. The fourth-order valence-electron chi connectivity index (χ4n) is 1.15. The molecule has 68 valence electrons. The van der Waals surface area contributed by atoms with E-state index in [1.165, 1.54) is 0 Å². The third-order valence-corrected chi connectivity index (χ3v) is 2.02. The number of nitrogens with zero attached hydrogens (tertiary/aromatic N) is 1. The average molecular weight is 176 g/mol. The van der Waals surface area contributed by atoms with Crippen molar-refractivity contribution in [2.24, 2.45) is 5.73 Å². The van der Waals surface area contributed by atoms with Gasteiger partial charge in [-0.2, -0.15) is 5.26 Å². The quantitative estimate of drug-likeness (QED) is 0.708. The van der Waals surface area contributed by atoms with Crippen LogP contribution >= 0.6 is 0 Å². The van der Waals surface area contributed by atoms with Gasteiger partial charge in [0.15, 0.2) is 0 Å². The van der Waals surface area contributed by atoms with Crippen molar-refractivity contribution in [3.05, 3.63) is 35.4 Å². The molecule has 3 heteroatoms. The van der Waals surface area contributed by atoms with E-state index < -0.39 is 0 Å². The Morgan fingerprint density at radius 3 is 2.38 bits per heavy atom. The van der Waals surface area contributed by atoms with Gasteiger partial charge >= 0.3 is 0 Å². The molecule has 0 aliphatic carbocycles. The normalized spacial score (nSPS) is 12.1. The van der Waals surface area contributed by atoms with Crippen molar-refractivity contribution in [2.75, 3.05) is 13.2 Å². The molecule has 13 heavy (non-hydrogen) atoms. The summed E-state index contributed by atoms with van der Waals surface area (Å²) in [6.45, 7) is 0.463. The lowest BCUT2D eigenvalue weighted by atomic mass is 9.99. The summed E-state index contributed by atoms with van der Waals surface area (Å²) in [7, 11) is 0. The lowest BCUT2D eigenvalue weighted by Crippen LogP contribution is -2.15. The zero-order chi connectivity index (χ0) is 9.68. The molecule has 0 fully saturated rings. The molecule has 3 nitrogen and oxygen atoms in total. The second-order valence-electron chi connectivity index (χ2n) is 2.85. The van der Waals surface area contributed by atoms with Crippen LogP contribution in [0.15, 0.2) is 24.3 Å². The van der Waals surface area contributed by atoms with Gasteiger partial charge in [0.05, 0.1) is 18.2 Å². The summed E-state index contributed by atoms with van der Waals surface area (Å²) < 4.78 is 0. The molecule has 0 bridgehead atoms. The maximum absolute atomic E-state index is 8.96. The summed E-state index contributed by atoms with van der Waals surface area (Å²) >= 11 is 0. The molecule has 0 saturated carbocycles. The van der Waals surface area contributed by atoms with Gasteiger partial charge in [-0.25, -0.2) is 0 Å². The van der Waals surface area contributed by atoms with Crippen LogP contribution in [0.4, 0.5) is 0 Å². The van der Waals surface area contributed by atoms with Crippen molar-refractivity contribution in [2.45, 2.75) is 5.92 Å². The van der Waals surface area contributed by atoms with Crippen molar-refractivity contribution in [3.63, 3.8) is 0 Å². The lowest BCUT2D eigenvalue weighted by molar-refractivity contribution is 0.268. The SMILES string of the molecule is N#Cc1ccc(C(CN)CO)cc1. The van der Waals surface area contributed by atoms with Crippen LogP contribution in [0.25, 0.3) is 0 Å². The average Bonchev–Trinajstić information content (AvgIpc) is 2.21. The highest BCUT2D eigenvalue weighted by Crippen LogP contribution is 2.14. The number of hydrogen-bond donors (Lipinski definition) is 2. The molecule has 0 amide bonds. The first-order valence-corrected chi connectivity index (χ1v) is 4.12. The Morgan fingerprint density at radius 1 is 1.38 bits per heavy atom. The van der Waals surface area contributed by atoms with Gasteiger partial charge in [0.1, 0.15) is 0 Å². The van der Waals surface area contributed by atoms with E-state index in [0.29, 0.717) is 12.1 Å². The maximum atomic E-state index is 8.96. The molecular formula is C10H12N2O. The van der Waals surface area contributed by atoms with Gasteiger partial charge in [0.2, 0.25) is 0 Å². The Bertz CT molecular complexity index is 296. The Balaban J connectivity index is 2.85. The second kappa shape index (κ2) is 4.61. The number of benzene rings is 1. The van der Waals surface area contributed by atoms with Gasteiger partial charge in [-0.3, -0.25) is 0 Å². The minimum Gasteiger partial charge on any atom is -0.396 e. The fraction of sp³-hybridized carbons (Fsp3) is 0.300. The van der Waals surface area contributed by atoms with E-state index in [-0.39, 0.29) is 12.5 Å². The number of nitrogens with two attached hydrogens (primary N) is 1. The largest absolute Gasteiger partial charge is 0.396 e. The minimum atomic E-state index is -0.0206. The summed E-state index contributed by atoms with van der Waals surface area (Å²) in [6, 6.07) is 9.15. The standard InChI is InChI=1S/C10H12N2O/c11-5-8-1-3-9(4-2-8)10(6-12)7-13/h1-4,10,13H,6-7,12H2. The zero-order valence-corrected chi connectivity index (χ0v) is 7.27. The summed E-state index contributed by atoms with van der Waals surface area (Å²) in [5.41, 5.74) is 7.06. The first kappa shape index (κ1) is 9.72. The highest BCUT2D eigenvalue weighted by molar-refractivity contribution is 5.33. The Labute approximate surface area is 77.4 Å². The van der Waals surface area contributed by atoms with E-state index in [4.69, 9.17) is 16.1 Å². The van der Waals surface area contributed by atoms with Gasteiger partial charge in [0, 0.05) is 12.5 Å². The first-order valence-electron chi connectivity index (χ1n) is 4.12. The van der Waals surface area contributed by atoms with Crippen LogP contribution in [0, 0.1) is 11.3 Å². The molecule has 0 saturated heterocycles. The fourth-order valence-corrected chi connectivity index (χ4v) is 1.15. The van der Waals surface area contributed by atoms with Gasteiger partial charge in [-0.15, -0.1) is 0 Å². The molecule has 0 spiro atoms. The van der Waals surface area contributed by atoms with Crippen molar-refractivity contribution < 1.29 is 5.11 Å². The van der Waals surface area contributed by atoms with Gasteiger partial charge in [0.25, 0.3) is 0 Å². The van der Waals surface area contributed by atoms with Crippen LogP contribution in [0.1, 0.15) is 17.0 Å². The molecule has 3 N–H and O–H groups in total. The summed E-state index contributed by atoms with van der Waals surface area (Å²) in [4.78, 5) is 0. The lowest BCUT2D eigenvalue weighted by Gasteiger charge is -2.10. The Morgan fingerprint density at radius 2 is 2.00 bits per heavy atom. The number of nitriles is 1. The van der Waals surface area contributed by atoms with Crippen LogP contribution in [-0.2, 0) is 0 Å². The molecule has 1 rings (SSSR count). The molecule has 0 aromatic heterocycles. The van der Waals surface area contributed by atoms with Crippen molar-refractivity contribution in [1.29, 1.82) is 5.26 Å². The van der Waals surface area contributed by atoms with Gasteiger partial charge in [-0.1, -0.05) is 12.1 Å². The first-order chi connectivity index (χ1) is 6.31. The van der Waals surface area contributed by atoms with Crippen molar-refractivity contribution in [1.82, 2.24) is 0 Å². The van der Waals surface area contributed by atoms with Crippen LogP contribution < -0.4 is 5.73 Å². The third kappa shape index (κ3) is 2.28. The van der Waals surface area contributed by atoms with Crippen LogP contribution in [0.3, 0.4) is 0 Å². The zero-order valence-electron chi connectivity index (χ0n) is 7.27. The third-order valence-electron chi connectivity index (χ3n) is 2.02. The Hall–Kier alpha value is -1.37. The van der Waals surface area contributed by atoms with E-state index in [1.54, 1.807) is 12.1 Å². The highest BCUT2D eigenvalue weighted by atomic mass is 16.3. The van der Waals surface area contributed by atoms with Crippen molar-refractivity contribution >= 4 is 0 Å². The van der Waals surface area contributed by atoms with E-state index in [9.17, 15) is 0 Å². The predicted octanol–water partition coefficient (Wildman–Crippen LogP) is 0.593. The molecular weight excluding hydrogens is 164 g/mol. The molecule has 1 unspecified atom stereocenters. The van der Waals surface area contributed by atoms with E-state index in [1.807, 2.05) is 18.2 Å². The number of rotatable bonds is 3. The van der Waals surface area contributed by atoms with Crippen LogP contribution in [0.2, 0.25) is 0 Å². The second-order valence-corrected chi connectivity index (χ2v) is 2.85. The van der Waals surface area contributed by atoms with Gasteiger partial charge in [-0.05, 0) is 17.7 Å². The van der Waals surface area contributed by atoms with Crippen LogP contribution in [-0.4, -0.2) is 18.3 Å². The van der Waals surface area contributed by atoms with Gasteiger partial charge < -0.3 is 10.8 Å². The van der Waals surface area contributed by atoms with E-state index in [0.717, 1.165) is 5.56 Å². The molecule has 1 aromatic rings. The van der Waals surface area contributed by atoms with E-state index >= 15 is 0 Å². The number of aliphatic hydroxyl groups is 1. The monoisotopic (exact) mass is 176 g/mol. The number of aliphatic hydroxyl groups excluding tert-OH is 1. The minimum absolute atomic E-state index is 0.0206.